The average Bonchev–Trinajstić information content (AvgIpc) is 3.27. The fraction of sp³-hybridized carbons (Fsp3) is 0.296. The zero-order valence-corrected chi connectivity index (χ0v) is 18.9. The molecule has 1 aliphatic rings. The van der Waals surface area contributed by atoms with Gasteiger partial charge in [-0.15, -0.1) is 0 Å². The van der Waals surface area contributed by atoms with E-state index >= 15 is 0 Å². The lowest BCUT2D eigenvalue weighted by molar-refractivity contribution is -0.131. The molecule has 2 aromatic carbocycles. The van der Waals surface area contributed by atoms with E-state index in [1.165, 1.54) is 0 Å². The SMILES string of the molecule is CCOc1ccc(CC(=O)N2CC[C@@](Cc3ccccc3-c3ccncc3)(C(N)=O)C2)cc1. The number of likely N-dealkylation sites (tertiary alicyclic amines) is 1. The maximum atomic E-state index is 13.0. The lowest BCUT2D eigenvalue weighted by Crippen LogP contribution is -2.42. The number of carbonyl (C=O) groups is 2. The van der Waals surface area contributed by atoms with Crippen LogP contribution in [-0.2, 0) is 22.4 Å². The van der Waals surface area contributed by atoms with Gasteiger partial charge in [-0.05, 0) is 66.3 Å². The first-order valence-corrected chi connectivity index (χ1v) is 11.3. The van der Waals surface area contributed by atoms with Gasteiger partial charge in [-0.1, -0.05) is 36.4 Å². The highest BCUT2D eigenvalue weighted by atomic mass is 16.5. The normalized spacial score (nSPS) is 17.7. The highest BCUT2D eigenvalue weighted by Crippen LogP contribution is 2.37. The molecule has 2 N–H and O–H groups in total. The number of carbonyl (C=O) groups excluding carboxylic acids is 2. The predicted octanol–water partition coefficient (Wildman–Crippen LogP) is 3.64. The van der Waals surface area contributed by atoms with E-state index in [1.807, 2.05) is 67.6 Å². The molecule has 3 aromatic rings. The molecule has 0 spiro atoms. The molecule has 2 amide bonds. The Kier molecular flexibility index (Phi) is 6.73. The molecule has 0 radical (unpaired) electrons. The zero-order chi connectivity index (χ0) is 23.3. The molecular formula is C27H29N3O3. The van der Waals surface area contributed by atoms with Crippen molar-refractivity contribution in [3.8, 4) is 16.9 Å². The number of nitrogens with two attached hydrogens (primary N) is 1. The van der Waals surface area contributed by atoms with Crippen LogP contribution < -0.4 is 10.5 Å². The third-order valence-corrected chi connectivity index (χ3v) is 6.36. The van der Waals surface area contributed by atoms with Gasteiger partial charge in [0, 0.05) is 25.5 Å². The Morgan fingerprint density at radius 2 is 1.79 bits per heavy atom. The quantitative estimate of drug-likeness (QED) is 0.576. The van der Waals surface area contributed by atoms with Gasteiger partial charge in [-0.2, -0.15) is 0 Å². The number of nitrogens with zero attached hydrogens (tertiary/aromatic N) is 2. The molecule has 1 aliphatic heterocycles. The summed E-state index contributed by atoms with van der Waals surface area (Å²) in [6, 6.07) is 19.5. The van der Waals surface area contributed by atoms with Crippen molar-refractivity contribution in [2.24, 2.45) is 11.1 Å². The van der Waals surface area contributed by atoms with Crippen LogP contribution in [0.4, 0.5) is 0 Å². The van der Waals surface area contributed by atoms with Gasteiger partial charge in [-0.3, -0.25) is 14.6 Å². The van der Waals surface area contributed by atoms with Crippen LogP contribution in [0.5, 0.6) is 5.75 Å². The number of amides is 2. The van der Waals surface area contributed by atoms with Crippen molar-refractivity contribution in [3.63, 3.8) is 0 Å². The lowest BCUT2D eigenvalue weighted by Gasteiger charge is -2.27. The Labute approximate surface area is 194 Å². The molecule has 1 saturated heterocycles. The smallest absolute Gasteiger partial charge is 0.227 e. The maximum absolute atomic E-state index is 13.0. The molecule has 1 fully saturated rings. The molecular weight excluding hydrogens is 414 g/mol. The second kappa shape index (κ2) is 9.86. The van der Waals surface area contributed by atoms with Crippen molar-refractivity contribution in [2.45, 2.75) is 26.2 Å². The van der Waals surface area contributed by atoms with Gasteiger partial charge in [-0.25, -0.2) is 0 Å². The van der Waals surface area contributed by atoms with Gasteiger partial charge in [0.25, 0.3) is 0 Å². The van der Waals surface area contributed by atoms with E-state index in [1.54, 1.807) is 17.3 Å². The Morgan fingerprint density at radius 3 is 2.48 bits per heavy atom. The van der Waals surface area contributed by atoms with Gasteiger partial charge in [0.15, 0.2) is 0 Å². The van der Waals surface area contributed by atoms with Gasteiger partial charge < -0.3 is 15.4 Å². The molecule has 0 saturated carbocycles. The second-order valence-corrected chi connectivity index (χ2v) is 8.53. The van der Waals surface area contributed by atoms with E-state index in [0.717, 1.165) is 28.0 Å². The number of benzene rings is 2. The van der Waals surface area contributed by atoms with Crippen LogP contribution in [0, 0.1) is 5.41 Å². The molecule has 1 aromatic heterocycles. The third kappa shape index (κ3) is 5.06. The van der Waals surface area contributed by atoms with Crippen LogP contribution in [-0.4, -0.2) is 41.4 Å². The molecule has 4 rings (SSSR count). The number of primary amides is 1. The molecule has 170 valence electrons. The fourth-order valence-electron chi connectivity index (χ4n) is 4.53. The number of hydrogen-bond donors (Lipinski definition) is 1. The monoisotopic (exact) mass is 443 g/mol. The van der Waals surface area contributed by atoms with E-state index in [2.05, 4.69) is 4.98 Å². The van der Waals surface area contributed by atoms with Crippen molar-refractivity contribution in [3.05, 3.63) is 84.2 Å². The highest BCUT2D eigenvalue weighted by molar-refractivity contribution is 5.85. The summed E-state index contributed by atoms with van der Waals surface area (Å²) in [5.41, 5.74) is 9.21. The molecule has 2 heterocycles. The Morgan fingerprint density at radius 1 is 1.06 bits per heavy atom. The summed E-state index contributed by atoms with van der Waals surface area (Å²) < 4.78 is 5.47. The first-order chi connectivity index (χ1) is 16.0. The Hall–Kier alpha value is -3.67. The standard InChI is InChI=1S/C27H29N3O3/c1-2-33-23-9-7-20(8-10-23)17-25(31)30-16-13-27(19-30,26(28)32)18-22-5-3-4-6-24(22)21-11-14-29-15-12-21/h3-12,14-15H,2,13,16-19H2,1H3,(H2,28,32)/t27-/m0/s1. The van der Waals surface area contributed by atoms with Crippen LogP contribution in [0.25, 0.3) is 11.1 Å². The summed E-state index contributed by atoms with van der Waals surface area (Å²) in [4.78, 5) is 31.5. The Balaban J connectivity index is 1.50. The first-order valence-electron chi connectivity index (χ1n) is 11.3. The molecule has 6 heteroatoms. The largest absolute Gasteiger partial charge is 0.494 e. The van der Waals surface area contributed by atoms with Crippen molar-refractivity contribution < 1.29 is 14.3 Å². The van der Waals surface area contributed by atoms with E-state index in [9.17, 15) is 9.59 Å². The maximum Gasteiger partial charge on any atom is 0.227 e. The van der Waals surface area contributed by atoms with E-state index in [0.29, 0.717) is 32.5 Å². The van der Waals surface area contributed by atoms with Crippen molar-refractivity contribution in [1.29, 1.82) is 0 Å². The summed E-state index contributed by atoms with van der Waals surface area (Å²) in [6.45, 7) is 3.40. The zero-order valence-electron chi connectivity index (χ0n) is 18.9. The molecule has 0 unspecified atom stereocenters. The van der Waals surface area contributed by atoms with E-state index in [-0.39, 0.29) is 18.2 Å². The summed E-state index contributed by atoms with van der Waals surface area (Å²) in [6.07, 6.45) is 4.85. The van der Waals surface area contributed by atoms with Gasteiger partial charge in [0.05, 0.1) is 18.4 Å². The van der Waals surface area contributed by atoms with Crippen molar-refractivity contribution in [1.82, 2.24) is 9.88 Å². The number of ether oxygens (including phenoxy) is 1. The van der Waals surface area contributed by atoms with Crippen LogP contribution in [0.3, 0.4) is 0 Å². The molecule has 6 nitrogen and oxygen atoms in total. The minimum atomic E-state index is -0.780. The fourth-order valence-corrected chi connectivity index (χ4v) is 4.53. The van der Waals surface area contributed by atoms with Gasteiger partial charge in [0.1, 0.15) is 5.75 Å². The highest BCUT2D eigenvalue weighted by Gasteiger charge is 2.45. The molecule has 0 aliphatic carbocycles. The minimum absolute atomic E-state index is 0.00436. The first kappa shape index (κ1) is 22.5. The van der Waals surface area contributed by atoms with Crippen LogP contribution in [0.1, 0.15) is 24.5 Å². The van der Waals surface area contributed by atoms with E-state index < -0.39 is 5.41 Å². The van der Waals surface area contributed by atoms with E-state index in [4.69, 9.17) is 10.5 Å². The second-order valence-electron chi connectivity index (χ2n) is 8.53. The molecule has 33 heavy (non-hydrogen) atoms. The van der Waals surface area contributed by atoms with Crippen LogP contribution in [0.2, 0.25) is 0 Å². The molecule has 0 bridgehead atoms. The van der Waals surface area contributed by atoms with Gasteiger partial charge in [0.2, 0.25) is 11.8 Å². The summed E-state index contributed by atoms with van der Waals surface area (Å²) in [7, 11) is 0. The van der Waals surface area contributed by atoms with Gasteiger partial charge >= 0.3 is 0 Å². The third-order valence-electron chi connectivity index (χ3n) is 6.36. The van der Waals surface area contributed by atoms with Crippen molar-refractivity contribution in [2.75, 3.05) is 19.7 Å². The van der Waals surface area contributed by atoms with Crippen LogP contribution in [0.15, 0.2) is 73.1 Å². The summed E-state index contributed by atoms with van der Waals surface area (Å²) in [5.74, 6) is 0.434. The number of hydrogen-bond acceptors (Lipinski definition) is 4. The number of pyridine rings is 1. The topological polar surface area (TPSA) is 85.5 Å². The lowest BCUT2D eigenvalue weighted by atomic mass is 9.78. The molecule has 1 atom stereocenters. The van der Waals surface area contributed by atoms with Crippen LogP contribution >= 0.6 is 0 Å². The predicted molar refractivity (Wildman–Crippen MR) is 128 cm³/mol. The number of aromatic nitrogens is 1. The Bertz CT molecular complexity index is 1110. The van der Waals surface area contributed by atoms with Crippen molar-refractivity contribution >= 4 is 11.8 Å². The number of rotatable bonds is 8. The minimum Gasteiger partial charge on any atom is -0.494 e. The summed E-state index contributed by atoms with van der Waals surface area (Å²) in [5, 5.41) is 0. The summed E-state index contributed by atoms with van der Waals surface area (Å²) >= 11 is 0. The average molecular weight is 444 g/mol.